The van der Waals surface area contributed by atoms with Crippen molar-refractivity contribution >= 4 is 11.8 Å². The molecule has 0 aliphatic carbocycles. The van der Waals surface area contributed by atoms with Crippen LogP contribution in [0.4, 0.5) is 0 Å². The van der Waals surface area contributed by atoms with E-state index in [2.05, 4.69) is 37.8 Å². The maximum absolute atomic E-state index is 2.38. The van der Waals surface area contributed by atoms with Crippen LogP contribution < -0.4 is 0 Å². The van der Waals surface area contributed by atoms with E-state index in [4.69, 9.17) is 0 Å². The van der Waals surface area contributed by atoms with E-state index < -0.39 is 0 Å². The molecule has 2 unspecified atom stereocenters. The average Bonchev–Trinajstić information content (AvgIpc) is 2.37. The molecule has 0 radical (unpaired) electrons. The van der Waals surface area contributed by atoms with E-state index in [0.29, 0.717) is 0 Å². The SMILES string of the molecule is CCCCCC1C=CC(C)S1. The van der Waals surface area contributed by atoms with Crippen molar-refractivity contribution in [3.05, 3.63) is 12.2 Å². The van der Waals surface area contributed by atoms with Gasteiger partial charge in [-0.1, -0.05) is 38.3 Å². The van der Waals surface area contributed by atoms with Crippen LogP contribution >= 0.6 is 11.8 Å². The molecule has 0 spiro atoms. The molecule has 1 aliphatic rings. The number of thioether (sulfide) groups is 1. The lowest BCUT2D eigenvalue weighted by Gasteiger charge is -2.07. The van der Waals surface area contributed by atoms with Crippen LogP contribution in [0.25, 0.3) is 0 Å². The number of rotatable bonds is 4. The lowest BCUT2D eigenvalue weighted by atomic mass is 10.1. The molecule has 11 heavy (non-hydrogen) atoms. The molecule has 1 aliphatic heterocycles. The summed E-state index contributed by atoms with van der Waals surface area (Å²) in [6.45, 7) is 4.54. The van der Waals surface area contributed by atoms with E-state index in [1.165, 1.54) is 25.7 Å². The number of unbranched alkanes of at least 4 members (excludes halogenated alkanes) is 2. The molecule has 1 heterocycles. The highest BCUT2D eigenvalue weighted by Gasteiger charge is 2.14. The van der Waals surface area contributed by atoms with E-state index >= 15 is 0 Å². The second kappa shape index (κ2) is 4.87. The van der Waals surface area contributed by atoms with Crippen LogP contribution in [-0.4, -0.2) is 10.5 Å². The Kier molecular flexibility index (Phi) is 4.06. The van der Waals surface area contributed by atoms with Gasteiger partial charge in [0.15, 0.2) is 0 Å². The third kappa shape index (κ3) is 3.33. The summed E-state index contributed by atoms with van der Waals surface area (Å²) in [7, 11) is 0. The second-order valence-corrected chi connectivity index (χ2v) is 4.88. The lowest BCUT2D eigenvalue weighted by molar-refractivity contribution is 0.682. The van der Waals surface area contributed by atoms with Crippen molar-refractivity contribution in [3.8, 4) is 0 Å². The fourth-order valence-corrected chi connectivity index (χ4v) is 2.62. The van der Waals surface area contributed by atoms with E-state index in [1.54, 1.807) is 0 Å². The van der Waals surface area contributed by atoms with E-state index in [-0.39, 0.29) is 0 Å². The minimum atomic E-state index is 0.765. The molecule has 0 amide bonds. The molecular weight excluding hydrogens is 152 g/mol. The summed E-state index contributed by atoms with van der Waals surface area (Å²) in [4.78, 5) is 0. The van der Waals surface area contributed by atoms with Crippen molar-refractivity contribution < 1.29 is 0 Å². The first-order chi connectivity index (χ1) is 5.33. The Bertz CT molecular complexity index is 129. The summed E-state index contributed by atoms with van der Waals surface area (Å²) >= 11 is 2.10. The molecule has 1 rings (SSSR count). The largest absolute Gasteiger partial charge is 0.147 e. The van der Waals surface area contributed by atoms with Crippen LogP contribution in [0.15, 0.2) is 12.2 Å². The van der Waals surface area contributed by atoms with Crippen LogP contribution in [-0.2, 0) is 0 Å². The van der Waals surface area contributed by atoms with Crippen molar-refractivity contribution in [1.29, 1.82) is 0 Å². The van der Waals surface area contributed by atoms with Gasteiger partial charge in [0.05, 0.1) is 0 Å². The van der Waals surface area contributed by atoms with Crippen molar-refractivity contribution in [2.45, 2.75) is 50.0 Å². The van der Waals surface area contributed by atoms with Gasteiger partial charge in [-0.05, 0) is 13.3 Å². The number of hydrogen-bond acceptors (Lipinski definition) is 1. The minimum Gasteiger partial charge on any atom is -0.147 e. The monoisotopic (exact) mass is 170 g/mol. The lowest BCUT2D eigenvalue weighted by Crippen LogP contribution is -1.95. The molecule has 0 saturated carbocycles. The average molecular weight is 170 g/mol. The third-order valence-electron chi connectivity index (χ3n) is 2.08. The molecule has 2 atom stereocenters. The maximum Gasteiger partial charge on any atom is 0.0233 e. The van der Waals surface area contributed by atoms with Gasteiger partial charge in [-0.2, -0.15) is 0 Å². The van der Waals surface area contributed by atoms with Gasteiger partial charge in [0.1, 0.15) is 0 Å². The highest BCUT2D eigenvalue weighted by molar-refractivity contribution is 8.01. The summed E-state index contributed by atoms with van der Waals surface area (Å²) in [5, 5.41) is 1.60. The smallest absolute Gasteiger partial charge is 0.0233 e. The summed E-state index contributed by atoms with van der Waals surface area (Å²) in [6.07, 6.45) is 10.3. The minimum absolute atomic E-state index is 0.765. The Balaban J connectivity index is 2.05. The molecular formula is C10H18S. The van der Waals surface area contributed by atoms with Crippen molar-refractivity contribution in [3.63, 3.8) is 0 Å². The van der Waals surface area contributed by atoms with Crippen molar-refractivity contribution in [1.82, 2.24) is 0 Å². The van der Waals surface area contributed by atoms with Gasteiger partial charge >= 0.3 is 0 Å². The first-order valence-corrected chi connectivity index (χ1v) is 5.61. The molecule has 0 aromatic heterocycles. The molecule has 0 bridgehead atoms. The summed E-state index contributed by atoms with van der Waals surface area (Å²) in [5.41, 5.74) is 0. The van der Waals surface area contributed by atoms with E-state index in [1.807, 2.05) is 0 Å². The zero-order valence-corrected chi connectivity index (χ0v) is 8.36. The maximum atomic E-state index is 2.38. The van der Waals surface area contributed by atoms with Gasteiger partial charge in [-0.3, -0.25) is 0 Å². The highest BCUT2D eigenvalue weighted by Crippen LogP contribution is 2.30. The van der Waals surface area contributed by atoms with Crippen molar-refractivity contribution in [2.75, 3.05) is 0 Å². The zero-order valence-electron chi connectivity index (χ0n) is 7.55. The van der Waals surface area contributed by atoms with Gasteiger partial charge in [-0.25, -0.2) is 0 Å². The van der Waals surface area contributed by atoms with Gasteiger partial charge in [0.2, 0.25) is 0 Å². The van der Waals surface area contributed by atoms with Crippen LogP contribution in [0, 0.1) is 0 Å². The Morgan fingerprint density at radius 2 is 2.09 bits per heavy atom. The third-order valence-corrected chi connectivity index (χ3v) is 3.41. The second-order valence-electron chi connectivity index (χ2n) is 3.26. The summed E-state index contributed by atoms with van der Waals surface area (Å²) < 4.78 is 0. The van der Waals surface area contributed by atoms with Gasteiger partial charge < -0.3 is 0 Å². The highest BCUT2D eigenvalue weighted by atomic mass is 32.2. The standard InChI is InChI=1S/C10H18S/c1-3-4-5-6-10-8-7-9(2)11-10/h7-10H,3-6H2,1-2H3. The summed E-state index contributed by atoms with van der Waals surface area (Å²) in [6, 6.07) is 0. The molecule has 64 valence electrons. The quantitative estimate of drug-likeness (QED) is 0.458. The van der Waals surface area contributed by atoms with Gasteiger partial charge in [-0.15, -0.1) is 11.8 Å². The zero-order chi connectivity index (χ0) is 8.10. The van der Waals surface area contributed by atoms with Gasteiger partial charge in [0.25, 0.3) is 0 Å². The van der Waals surface area contributed by atoms with E-state index in [9.17, 15) is 0 Å². The molecule has 0 saturated heterocycles. The Labute approximate surface area is 74.5 Å². The Morgan fingerprint density at radius 1 is 1.27 bits per heavy atom. The summed E-state index contributed by atoms with van der Waals surface area (Å²) in [5.74, 6) is 0. The van der Waals surface area contributed by atoms with Crippen molar-refractivity contribution in [2.24, 2.45) is 0 Å². The van der Waals surface area contributed by atoms with Crippen LogP contribution in [0.5, 0.6) is 0 Å². The Hall–Kier alpha value is 0.0900. The normalized spacial score (nSPS) is 29.6. The first-order valence-electron chi connectivity index (χ1n) is 4.66. The van der Waals surface area contributed by atoms with Gasteiger partial charge in [0, 0.05) is 10.5 Å². The van der Waals surface area contributed by atoms with Crippen LogP contribution in [0.3, 0.4) is 0 Å². The van der Waals surface area contributed by atoms with Crippen LogP contribution in [0.1, 0.15) is 39.5 Å². The molecule has 0 nitrogen and oxygen atoms in total. The molecule has 1 heteroatoms. The predicted octanol–water partition coefficient (Wildman–Crippen LogP) is 3.63. The molecule has 0 N–H and O–H groups in total. The van der Waals surface area contributed by atoms with Crippen LogP contribution in [0.2, 0.25) is 0 Å². The Morgan fingerprint density at radius 3 is 2.64 bits per heavy atom. The molecule has 0 aromatic rings. The molecule has 0 aromatic carbocycles. The number of hydrogen-bond donors (Lipinski definition) is 0. The van der Waals surface area contributed by atoms with E-state index in [0.717, 1.165) is 10.5 Å². The topological polar surface area (TPSA) is 0 Å². The predicted molar refractivity (Wildman–Crippen MR) is 54.1 cm³/mol. The first kappa shape index (κ1) is 9.18. The fourth-order valence-electron chi connectivity index (χ4n) is 1.41. The fraction of sp³-hybridized carbons (Fsp3) is 0.800. The molecule has 0 fully saturated rings.